The van der Waals surface area contributed by atoms with Crippen molar-refractivity contribution in [2.45, 2.75) is 0 Å². The molecule has 2 aromatic carbocycles. The van der Waals surface area contributed by atoms with Crippen LogP contribution in [0.15, 0.2) is 58.5 Å². The van der Waals surface area contributed by atoms with Crippen LogP contribution in [-0.2, 0) is 19.2 Å². The monoisotopic (exact) mass is 376 g/mol. The van der Waals surface area contributed by atoms with Crippen LogP contribution in [0.1, 0.15) is 0 Å². The Hall–Kier alpha value is -4.02. The van der Waals surface area contributed by atoms with Crippen molar-refractivity contribution in [3.8, 4) is 0 Å². The lowest BCUT2D eigenvalue weighted by molar-refractivity contribution is -0.148. The molecular formula is C18H12N6O4. The van der Waals surface area contributed by atoms with Crippen LogP contribution >= 0.6 is 0 Å². The van der Waals surface area contributed by atoms with Gasteiger partial charge in [0.1, 0.15) is 11.4 Å². The van der Waals surface area contributed by atoms with E-state index in [4.69, 9.17) is 11.7 Å². The van der Waals surface area contributed by atoms with Gasteiger partial charge in [0.05, 0.1) is 10.7 Å². The first-order valence-corrected chi connectivity index (χ1v) is 8.03. The Morgan fingerprint density at radius 3 is 1.43 bits per heavy atom. The summed E-state index contributed by atoms with van der Waals surface area (Å²) in [6, 6.07) is 12.8. The van der Waals surface area contributed by atoms with Crippen molar-refractivity contribution >= 4 is 35.0 Å². The molecule has 138 valence electrons. The van der Waals surface area contributed by atoms with E-state index in [1.54, 1.807) is 48.5 Å². The van der Waals surface area contributed by atoms with Gasteiger partial charge < -0.3 is 0 Å². The number of hydrogen-bond acceptors (Lipinski definition) is 6. The number of carbonyl (C=O) groups is 4. The molecule has 0 atom stereocenters. The van der Waals surface area contributed by atoms with Crippen molar-refractivity contribution in [1.29, 1.82) is 0 Å². The number of para-hydroxylation sites is 2. The smallest absolute Gasteiger partial charge is 0.265 e. The highest BCUT2D eigenvalue weighted by Gasteiger charge is 2.35. The summed E-state index contributed by atoms with van der Waals surface area (Å²) < 4.78 is 0. The van der Waals surface area contributed by atoms with Gasteiger partial charge in [-0.3, -0.25) is 19.2 Å². The van der Waals surface area contributed by atoms with Crippen LogP contribution in [0.3, 0.4) is 0 Å². The van der Waals surface area contributed by atoms with Crippen molar-refractivity contribution in [3.05, 3.63) is 69.7 Å². The van der Waals surface area contributed by atoms with E-state index in [1.807, 2.05) is 0 Å². The molecule has 0 aromatic heterocycles. The standard InChI is InChI=1S/C18H12N6O4/c19-23(13-9-5-1-3-7-11(9)21-15(13)25)17(27)18(28)24(20)14-10-6-2-4-8-12(10)22-16(14)26/h1-8H,19-20H2. The predicted octanol–water partition coefficient (Wildman–Crippen LogP) is -3.67. The molecule has 0 bridgehead atoms. The van der Waals surface area contributed by atoms with Gasteiger partial charge in [0.2, 0.25) is 0 Å². The first-order chi connectivity index (χ1) is 13.4. The molecule has 0 fully saturated rings. The molecule has 0 spiro atoms. The van der Waals surface area contributed by atoms with Crippen molar-refractivity contribution in [1.82, 2.24) is 10.0 Å². The SMILES string of the molecule is NN(C(=O)C(=O)N(N)C1=c2ccccc2=NC1=O)C1=c2ccccc2=NC1=O. The minimum atomic E-state index is -1.30. The van der Waals surface area contributed by atoms with Crippen LogP contribution in [0.2, 0.25) is 0 Å². The van der Waals surface area contributed by atoms with Gasteiger partial charge in [-0.15, -0.1) is 0 Å². The fourth-order valence-electron chi connectivity index (χ4n) is 2.97. The zero-order valence-electron chi connectivity index (χ0n) is 14.2. The summed E-state index contributed by atoms with van der Waals surface area (Å²) in [5.41, 5.74) is -0.509. The minimum Gasteiger partial charge on any atom is -0.265 e. The van der Waals surface area contributed by atoms with Crippen molar-refractivity contribution in [2.75, 3.05) is 0 Å². The lowest BCUT2D eigenvalue weighted by Crippen LogP contribution is -2.52. The minimum absolute atomic E-state index is 0.254. The van der Waals surface area contributed by atoms with Crippen LogP contribution in [-0.4, -0.2) is 33.6 Å². The Bertz CT molecular complexity index is 1230. The number of nitrogens with zero attached hydrogens (tertiary/aromatic N) is 4. The molecule has 2 aliphatic heterocycles. The van der Waals surface area contributed by atoms with Gasteiger partial charge in [0.15, 0.2) is 0 Å². The van der Waals surface area contributed by atoms with E-state index in [2.05, 4.69) is 9.98 Å². The van der Waals surface area contributed by atoms with Crippen LogP contribution in [0, 0.1) is 0 Å². The zero-order valence-corrected chi connectivity index (χ0v) is 14.2. The number of fused-ring (bicyclic) bond motifs is 2. The molecule has 4 N–H and O–H groups in total. The van der Waals surface area contributed by atoms with Gasteiger partial charge in [-0.25, -0.2) is 31.7 Å². The Morgan fingerprint density at radius 1 is 0.679 bits per heavy atom. The van der Waals surface area contributed by atoms with Crippen molar-refractivity contribution in [2.24, 2.45) is 21.7 Å². The maximum Gasteiger partial charge on any atom is 0.332 e. The molecule has 2 aromatic rings. The lowest BCUT2D eigenvalue weighted by atomic mass is 10.2. The number of hydrogen-bond donors (Lipinski definition) is 2. The normalized spacial score (nSPS) is 14.2. The third-order valence-corrected chi connectivity index (χ3v) is 4.27. The second-order valence-corrected chi connectivity index (χ2v) is 5.92. The summed E-state index contributed by atoms with van der Waals surface area (Å²) in [4.78, 5) is 57.0. The number of carbonyl (C=O) groups excluding carboxylic acids is 4. The third-order valence-electron chi connectivity index (χ3n) is 4.27. The van der Waals surface area contributed by atoms with E-state index in [9.17, 15) is 19.2 Å². The molecule has 4 amide bonds. The van der Waals surface area contributed by atoms with E-state index in [0.717, 1.165) is 0 Å². The van der Waals surface area contributed by atoms with Crippen molar-refractivity contribution in [3.63, 3.8) is 0 Å². The molecule has 10 heteroatoms. The first kappa shape index (κ1) is 17.4. The number of hydrazine groups is 2. The summed E-state index contributed by atoms with van der Waals surface area (Å²) in [5, 5.41) is 2.06. The number of benzene rings is 2. The van der Waals surface area contributed by atoms with Gasteiger partial charge in [0, 0.05) is 10.4 Å². The van der Waals surface area contributed by atoms with Crippen LogP contribution in [0.25, 0.3) is 11.4 Å². The Labute approximate surface area is 156 Å². The Kier molecular flexibility index (Phi) is 3.91. The molecule has 0 radical (unpaired) electrons. The fraction of sp³-hybridized carbons (Fsp3) is 0. The average molecular weight is 376 g/mol. The molecule has 28 heavy (non-hydrogen) atoms. The molecule has 0 saturated heterocycles. The van der Waals surface area contributed by atoms with E-state index < -0.39 is 23.6 Å². The largest absolute Gasteiger partial charge is 0.332 e. The van der Waals surface area contributed by atoms with Crippen LogP contribution in [0.4, 0.5) is 0 Å². The van der Waals surface area contributed by atoms with Crippen molar-refractivity contribution < 1.29 is 19.2 Å². The third kappa shape index (κ3) is 2.52. The topological polar surface area (TPSA) is 152 Å². The molecule has 2 aliphatic rings. The van der Waals surface area contributed by atoms with E-state index in [0.29, 0.717) is 31.2 Å². The molecular weight excluding hydrogens is 364 g/mol. The summed E-state index contributed by atoms with van der Waals surface area (Å²) >= 11 is 0. The molecule has 0 aliphatic carbocycles. The predicted molar refractivity (Wildman–Crippen MR) is 93.3 cm³/mol. The second-order valence-electron chi connectivity index (χ2n) is 5.92. The Morgan fingerprint density at radius 2 is 1.04 bits per heavy atom. The first-order valence-electron chi connectivity index (χ1n) is 8.03. The van der Waals surface area contributed by atoms with Gasteiger partial charge in [-0.2, -0.15) is 0 Å². The Balaban J connectivity index is 1.72. The van der Waals surface area contributed by atoms with E-state index in [1.165, 1.54) is 0 Å². The van der Waals surface area contributed by atoms with E-state index in [-0.39, 0.29) is 11.4 Å². The summed E-state index contributed by atoms with van der Waals surface area (Å²) in [7, 11) is 0. The van der Waals surface area contributed by atoms with E-state index >= 15 is 0 Å². The average Bonchev–Trinajstić information content (AvgIpc) is 3.20. The maximum atomic E-state index is 12.6. The van der Waals surface area contributed by atoms with Crippen LogP contribution < -0.4 is 32.8 Å². The summed E-state index contributed by atoms with van der Waals surface area (Å²) in [6.45, 7) is 0. The highest BCUT2D eigenvalue weighted by molar-refractivity contribution is 6.40. The molecule has 0 unspecified atom stereocenters. The van der Waals surface area contributed by atoms with Gasteiger partial charge in [0.25, 0.3) is 11.8 Å². The summed E-state index contributed by atoms with van der Waals surface area (Å²) in [5.74, 6) is 7.34. The molecule has 4 rings (SSSR count). The number of amides is 4. The molecule has 2 heterocycles. The molecule has 10 nitrogen and oxygen atoms in total. The fourth-order valence-corrected chi connectivity index (χ4v) is 2.97. The van der Waals surface area contributed by atoms with Gasteiger partial charge >= 0.3 is 11.8 Å². The number of rotatable bonds is 2. The maximum absolute atomic E-state index is 12.6. The van der Waals surface area contributed by atoms with Gasteiger partial charge in [-0.1, -0.05) is 36.4 Å². The zero-order chi connectivity index (χ0) is 20.0. The second kappa shape index (κ2) is 6.30. The summed E-state index contributed by atoms with van der Waals surface area (Å²) in [6.07, 6.45) is 0. The lowest BCUT2D eigenvalue weighted by Gasteiger charge is -2.20. The molecule has 0 saturated carbocycles. The van der Waals surface area contributed by atoms with Gasteiger partial charge in [-0.05, 0) is 12.1 Å². The van der Waals surface area contributed by atoms with Crippen LogP contribution in [0.5, 0.6) is 0 Å². The quantitative estimate of drug-likeness (QED) is 0.238. The highest BCUT2D eigenvalue weighted by atomic mass is 16.2. The number of nitrogens with two attached hydrogens (primary N) is 2. The highest BCUT2D eigenvalue weighted by Crippen LogP contribution is 2.09.